The molecule has 0 aromatic rings. The van der Waals surface area contributed by atoms with E-state index >= 15 is 0 Å². The van der Waals surface area contributed by atoms with Gasteiger partial charge in [-0.3, -0.25) is 0 Å². The van der Waals surface area contributed by atoms with Crippen molar-refractivity contribution in [1.82, 2.24) is 0 Å². The van der Waals surface area contributed by atoms with Crippen molar-refractivity contribution in [3.8, 4) is 6.07 Å². The van der Waals surface area contributed by atoms with E-state index in [0.29, 0.717) is 0 Å². The number of rotatable bonds is 3. The first-order valence-corrected chi connectivity index (χ1v) is 6.79. The van der Waals surface area contributed by atoms with Crippen molar-refractivity contribution in [3.05, 3.63) is 0 Å². The maximum absolute atomic E-state index is 11.9. The molecule has 0 spiro atoms. The van der Waals surface area contributed by atoms with Crippen molar-refractivity contribution >= 4 is 9.84 Å². The van der Waals surface area contributed by atoms with Crippen LogP contribution in [0.5, 0.6) is 0 Å². The van der Waals surface area contributed by atoms with Gasteiger partial charge in [-0.05, 0) is 19.8 Å². The summed E-state index contributed by atoms with van der Waals surface area (Å²) in [6.07, 6.45) is 4.89. The molecule has 1 rings (SSSR count). The highest BCUT2D eigenvalue weighted by Crippen LogP contribution is 2.27. The van der Waals surface area contributed by atoms with Gasteiger partial charge in [0.15, 0.2) is 9.84 Å². The summed E-state index contributed by atoms with van der Waals surface area (Å²) in [7, 11) is -3.05. The van der Waals surface area contributed by atoms with Gasteiger partial charge in [-0.15, -0.1) is 0 Å². The van der Waals surface area contributed by atoms with Gasteiger partial charge in [0.2, 0.25) is 0 Å². The molecule has 0 N–H and O–H groups in total. The van der Waals surface area contributed by atoms with E-state index in [1.54, 1.807) is 6.92 Å². The molecule has 0 radical (unpaired) electrons. The molecule has 0 saturated heterocycles. The minimum absolute atomic E-state index is 0.124. The summed E-state index contributed by atoms with van der Waals surface area (Å²) in [5.74, 6) is 0. The van der Waals surface area contributed by atoms with Crippen LogP contribution in [0.2, 0.25) is 0 Å². The summed E-state index contributed by atoms with van der Waals surface area (Å²) in [4.78, 5) is 0. The number of sulfone groups is 1. The molecule has 0 amide bonds. The Bertz CT molecular complexity index is 310. The standard InChI is InChI=1S/C10H17NO2S/c1-9(7-8-11)14(12,13)10-5-3-2-4-6-10/h9-10H,2-7H2,1H3. The molecule has 0 aromatic carbocycles. The van der Waals surface area contributed by atoms with E-state index in [1.165, 1.54) is 0 Å². The molecule has 3 nitrogen and oxygen atoms in total. The SMILES string of the molecule is CC(CC#N)S(=O)(=O)C1CCCCC1. The van der Waals surface area contributed by atoms with E-state index < -0.39 is 15.1 Å². The van der Waals surface area contributed by atoms with Crippen LogP contribution in [-0.4, -0.2) is 18.9 Å². The number of hydrogen-bond acceptors (Lipinski definition) is 3. The third-order valence-corrected chi connectivity index (χ3v) is 5.65. The zero-order chi connectivity index (χ0) is 10.6. The molecule has 14 heavy (non-hydrogen) atoms. The highest BCUT2D eigenvalue weighted by Gasteiger charge is 2.31. The molecule has 1 saturated carbocycles. The summed E-state index contributed by atoms with van der Waals surface area (Å²) < 4.78 is 23.8. The fourth-order valence-corrected chi connectivity index (χ4v) is 3.92. The van der Waals surface area contributed by atoms with Gasteiger partial charge in [-0.25, -0.2) is 8.42 Å². The van der Waals surface area contributed by atoms with Gasteiger partial charge >= 0.3 is 0 Å². The maximum atomic E-state index is 11.9. The first kappa shape index (κ1) is 11.5. The zero-order valence-corrected chi connectivity index (χ0v) is 9.39. The van der Waals surface area contributed by atoms with Gasteiger partial charge < -0.3 is 0 Å². The maximum Gasteiger partial charge on any atom is 0.156 e. The summed E-state index contributed by atoms with van der Waals surface area (Å²) >= 11 is 0. The van der Waals surface area contributed by atoms with Crippen molar-refractivity contribution < 1.29 is 8.42 Å². The molecule has 1 unspecified atom stereocenters. The van der Waals surface area contributed by atoms with Gasteiger partial charge in [-0.2, -0.15) is 5.26 Å². The molecular formula is C10H17NO2S. The lowest BCUT2D eigenvalue weighted by molar-refractivity contribution is 0.479. The number of nitrogens with zero attached hydrogens (tertiary/aromatic N) is 1. The fourth-order valence-electron chi connectivity index (χ4n) is 1.97. The zero-order valence-electron chi connectivity index (χ0n) is 8.57. The Morgan fingerprint density at radius 2 is 1.93 bits per heavy atom. The summed E-state index contributed by atoms with van der Waals surface area (Å²) in [5.41, 5.74) is 0. The quantitative estimate of drug-likeness (QED) is 0.723. The molecule has 0 aromatic heterocycles. The minimum atomic E-state index is -3.05. The first-order chi connectivity index (χ1) is 6.59. The Hall–Kier alpha value is -0.560. The Labute approximate surface area is 86.0 Å². The Kier molecular flexibility index (Phi) is 3.94. The van der Waals surface area contributed by atoms with Gasteiger partial charge in [0.05, 0.1) is 23.0 Å². The van der Waals surface area contributed by atoms with Gasteiger partial charge in [-0.1, -0.05) is 19.3 Å². The largest absolute Gasteiger partial charge is 0.228 e. The highest BCUT2D eigenvalue weighted by atomic mass is 32.2. The Morgan fingerprint density at radius 1 is 1.36 bits per heavy atom. The van der Waals surface area contributed by atoms with Crippen LogP contribution in [0, 0.1) is 11.3 Å². The van der Waals surface area contributed by atoms with Crippen LogP contribution in [0.3, 0.4) is 0 Å². The third kappa shape index (κ3) is 2.48. The normalized spacial score (nSPS) is 21.4. The fraction of sp³-hybridized carbons (Fsp3) is 0.900. The smallest absolute Gasteiger partial charge is 0.156 e. The summed E-state index contributed by atoms with van der Waals surface area (Å²) in [6.45, 7) is 1.65. The number of nitriles is 1. The van der Waals surface area contributed by atoms with Crippen LogP contribution in [0.1, 0.15) is 45.4 Å². The highest BCUT2D eigenvalue weighted by molar-refractivity contribution is 7.92. The van der Waals surface area contributed by atoms with Crippen molar-refractivity contribution in [3.63, 3.8) is 0 Å². The molecule has 1 aliphatic carbocycles. The summed E-state index contributed by atoms with van der Waals surface area (Å²) in [5, 5.41) is 7.81. The molecular weight excluding hydrogens is 198 g/mol. The van der Waals surface area contributed by atoms with Gasteiger partial charge in [0.1, 0.15) is 0 Å². The Morgan fingerprint density at radius 3 is 2.43 bits per heavy atom. The van der Waals surface area contributed by atoms with E-state index in [2.05, 4.69) is 0 Å². The molecule has 1 atom stereocenters. The van der Waals surface area contributed by atoms with Crippen LogP contribution < -0.4 is 0 Å². The average molecular weight is 215 g/mol. The number of hydrogen-bond donors (Lipinski definition) is 0. The third-order valence-electron chi connectivity index (χ3n) is 2.96. The van der Waals surface area contributed by atoms with Crippen molar-refractivity contribution in [2.45, 2.75) is 55.9 Å². The second kappa shape index (κ2) is 4.79. The second-order valence-corrected chi connectivity index (χ2v) is 6.67. The molecule has 0 aliphatic heterocycles. The molecule has 1 aliphatic rings. The molecule has 0 bridgehead atoms. The van der Waals surface area contributed by atoms with E-state index in [-0.39, 0.29) is 11.7 Å². The van der Waals surface area contributed by atoms with Crippen LogP contribution in [0.25, 0.3) is 0 Å². The van der Waals surface area contributed by atoms with Crippen molar-refractivity contribution in [2.24, 2.45) is 0 Å². The average Bonchev–Trinajstić information content (AvgIpc) is 2.19. The van der Waals surface area contributed by atoms with E-state index in [1.807, 2.05) is 6.07 Å². The van der Waals surface area contributed by atoms with Gasteiger partial charge in [0.25, 0.3) is 0 Å². The molecule has 1 fully saturated rings. The molecule has 0 heterocycles. The lowest BCUT2D eigenvalue weighted by atomic mass is 10.0. The predicted octanol–water partition coefficient (Wildman–Crippen LogP) is 2.04. The van der Waals surface area contributed by atoms with Crippen molar-refractivity contribution in [1.29, 1.82) is 5.26 Å². The van der Waals surface area contributed by atoms with E-state index in [0.717, 1.165) is 32.1 Å². The predicted molar refractivity (Wildman–Crippen MR) is 55.5 cm³/mol. The first-order valence-electron chi connectivity index (χ1n) is 5.18. The van der Waals surface area contributed by atoms with E-state index in [9.17, 15) is 8.42 Å². The molecule has 4 heteroatoms. The van der Waals surface area contributed by atoms with Crippen LogP contribution in [0.4, 0.5) is 0 Å². The minimum Gasteiger partial charge on any atom is -0.228 e. The van der Waals surface area contributed by atoms with Crippen molar-refractivity contribution in [2.75, 3.05) is 0 Å². The van der Waals surface area contributed by atoms with Crippen LogP contribution in [0.15, 0.2) is 0 Å². The summed E-state index contributed by atoms with van der Waals surface area (Å²) in [6, 6.07) is 1.93. The lowest BCUT2D eigenvalue weighted by Crippen LogP contribution is -2.31. The second-order valence-electron chi connectivity index (χ2n) is 4.02. The van der Waals surface area contributed by atoms with Gasteiger partial charge in [0, 0.05) is 0 Å². The van der Waals surface area contributed by atoms with Crippen LogP contribution in [-0.2, 0) is 9.84 Å². The molecule has 80 valence electrons. The van der Waals surface area contributed by atoms with E-state index in [4.69, 9.17) is 5.26 Å². The van der Waals surface area contributed by atoms with Crippen LogP contribution >= 0.6 is 0 Å². The topological polar surface area (TPSA) is 57.9 Å². The Balaban J connectivity index is 2.68. The lowest BCUT2D eigenvalue weighted by Gasteiger charge is -2.24. The monoisotopic (exact) mass is 215 g/mol.